The molecule has 5 rings (SSSR count). The molecule has 6 heteroatoms. The number of nitriles is 1. The van der Waals surface area contributed by atoms with E-state index in [4.69, 9.17) is 9.47 Å². The molecule has 4 aromatic carbocycles. The molecule has 0 unspecified atom stereocenters. The minimum absolute atomic E-state index is 0.373. The van der Waals surface area contributed by atoms with Crippen LogP contribution in [0.2, 0.25) is 0 Å². The number of anilines is 1. The van der Waals surface area contributed by atoms with Crippen LogP contribution in [0.1, 0.15) is 47.8 Å². The number of nitrogens with one attached hydrogen (secondary N) is 1. The van der Waals surface area contributed by atoms with Gasteiger partial charge in [-0.3, -0.25) is 0 Å². The van der Waals surface area contributed by atoms with E-state index in [9.17, 15) is 10.1 Å². The molecule has 200 valence electrons. The first-order valence-electron chi connectivity index (χ1n) is 13.2. The summed E-state index contributed by atoms with van der Waals surface area (Å²) in [5.74, 6) is 0.295. The van der Waals surface area contributed by atoms with Gasteiger partial charge in [0.15, 0.2) is 0 Å². The molecule has 1 heterocycles. The van der Waals surface area contributed by atoms with Gasteiger partial charge in [-0.1, -0.05) is 60.7 Å². The maximum atomic E-state index is 12.5. The SMILES string of the molecule is CC(C)(C)OC(=O)c1ccc(-n2cc(C#N)c3c(NCc4ccccc4)c(OCc4ccccc4)ccc32)cc1. The molecule has 1 N–H and O–H groups in total. The smallest absolute Gasteiger partial charge is 0.338 e. The fourth-order valence-corrected chi connectivity index (χ4v) is 4.52. The second-order valence-corrected chi connectivity index (χ2v) is 10.5. The number of benzene rings is 4. The lowest BCUT2D eigenvalue weighted by atomic mass is 10.1. The highest BCUT2D eigenvalue weighted by Crippen LogP contribution is 2.38. The van der Waals surface area contributed by atoms with Gasteiger partial charge in [-0.25, -0.2) is 4.79 Å². The fraction of sp³-hybridized carbons (Fsp3) is 0.176. The number of hydrogen-bond donors (Lipinski definition) is 1. The average Bonchev–Trinajstić information content (AvgIpc) is 3.34. The summed E-state index contributed by atoms with van der Waals surface area (Å²) in [5.41, 5.74) is 5.03. The molecule has 0 bridgehead atoms. The highest BCUT2D eigenvalue weighted by molar-refractivity contribution is 6.01. The Morgan fingerprint density at radius 3 is 2.15 bits per heavy atom. The predicted octanol–water partition coefficient (Wildman–Crippen LogP) is 7.65. The van der Waals surface area contributed by atoms with Crippen molar-refractivity contribution in [2.45, 2.75) is 39.5 Å². The van der Waals surface area contributed by atoms with Crippen molar-refractivity contribution in [1.82, 2.24) is 4.57 Å². The number of ether oxygens (including phenoxy) is 2. The molecule has 0 aliphatic rings. The van der Waals surface area contributed by atoms with E-state index in [0.29, 0.717) is 30.0 Å². The monoisotopic (exact) mass is 529 g/mol. The minimum atomic E-state index is -0.572. The van der Waals surface area contributed by atoms with Gasteiger partial charge in [-0.15, -0.1) is 0 Å². The molecule has 0 atom stereocenters. The van der Waals surface area contributed by atoms with Gasteiger partial charge < -0.3 is 19.4 Å². The summed E-state index contributed by atoms with van der Waals surface area (Å²) >= 11 is 0. The van der Waals surface area contributed by atoms with Gasteiger partial charge in [-0.2, -0.15) is 5.26 Å². The van der Waals surface area contributed by atoms with E-state index < -0.39 is 5.60 Å². The van der Waals surface area contributed by atoms with E-state index in [2.05, 4.69) is 23.5 Å². The Kier molecular flexibility index (Phi) is 7.56. The zero-order chi connectivity index (χ0) is 28.1. The van der Waals surface area contributed by atoms with Crippen LogP contribution in [0.4, 0.5) is 5.69 Å². The summed E-state index contributed by atoms with van der Waals surface area (Å²) in [4.78, 5) is 12.5. The lowest BCUT2D eigenvalue weighted by Crippen LogP contribution is -2.23. The maximum absolute atomic E-state index is 12.5. The molecular formula is C34H31N3O3. The zero-order valence-electron chi connectivity index (χ0n) is 22.8. The zero-order valence-corrected chi connectivity index (χ0v) is 22.8. The second-order valence-electron chi connectivity index (χ2n) is 10.5. The summed E-state index contributed by atoms with van der Waals surface area (Å²) in [5, 5.41) is 14.5. The van der Waals surface area contributed by atoms with Crippen molar-refractivity contribution in [3.63, 3.8) is 0 Å². The number of fused-ring (bicyclic) bond motifs is 1. The van der Waals surface area contributed by atoms with Crippen LogP contribution in [-0.2, 0) is 17.9 Å². The first-order chi connectivity index (χ1) is 19.3. The molecule has 0 fully saturated rings. The molecular weight excluding hydrogens is 498 g/mol. The summed E-state index contributed by atoms with van der Waals surface area (Å²) in [6, 6.07) is 33.6. The third-order valence-electron chi connectivity index (χ3n) is 6.38. The Balaban J connectivity index is 1.54. The van der Waals surface area contributed by atoms with Crippen LogP contribution >= 0.6 is 0 Å². The number of nitrogens with zero attached hydrogens (tertiary/aromatic N) is 2. The Morgan fingerprint density at radius 1 is 0.875 bits per heavy atom. The van der Waals surface area contributed by atoms with Crippen LogP contribution in [0.5, 0.6) is 5.75 Å². The molecule has 0 aliphatic heterocycles. The Labute approximate surface area is 234 Å². The fourth-order valence-electron chi connectivity index (χ4n) is 4.52. The second kappa shape index (κ2) is 11.4. The Morgan fingerprint density at radius 2 is 1.52 bits per heavy atom. The van der Waals surface area contributed by atoms with E-state index in [1.165, 1.54) is 0 Å². The molecule has 40 heavy (non-hydrogen) atoms. The summed E-state index contributed by atoms with van der Waals surface area (Å²) in [6.45, 7) is 6.50. The number of aromatic nitrogens is 1. The number of rotatable bonds is 8. The number of hydrogen-bond acceptors (Lipinski definition) is 5. The van der Waals surface area contributed by atoms with Crippen molar-refractivity contribution < 1.29 is 14.3 Å². The summed E-state index contributed by atoms with van der Waals surface area (Å²) < 4.78 is 13.7. The van der Waals surface area contributed by atoms with Crippen LogP contribution in [0.15, 0.2) is 103 Å². The minimum Gasteiger partial charge on any atom is -0.487 e. The van der Waals surface area contributed by atoms with Crippen molar-refractivity contribution in [3.05, 3.63) is 126 Å². The first-order valence-corrected chi connectivity index (χ1v) is 13.2. The summed E-state index contributed by atoms with van der Waals surface area (Å²) in [6.07, 6.45) is 1.82. The van der Waals surface area contributed by atoms with Gasteiger partial charge in [0.25, 0.3) is 0 Å². The van der Waals surface area contributed by atoms with Gasteiger partial charge in [0, 0.05) is 23.8 Å². The molecule has 0 amide bonds. The van der Waals surface area contributed by atoms with Crippen molar-refractivity contribution >= 4 is 22.6 Å². The molecule has 0 spiro atoms. The normalized spacial score (nSPS) is 11.2. The van der Waals surface area contributed by atoms with E-state index in [-0.39, 0.29) is 5.97 Å². The van der Waals surface area contributed by atoms with E-state index in [1.807, 2.05) is 104 Å². The van der Waals surface area contributed by atoms with Crippen molar-refractivity contribution in [1.29, 1.82) is 5.26 Å². The predicted molar refractivity (Wildman–Crippen MR) is 158 cm³/mol. The van der Waals surface area contributed by atoms with E-state index in [1.54, 1.807) is 12.1 Å². The first kappa shape index (κ1) is 26.6. The molecule has 0 aliphatic carbocycles. The van der Waals surface area contributed by atoms with Crippen LogP contribution in [0.3, 0.4) is 0 Å². The van der Waals surface area contributed by atoms with E-state index in [0.717, 1.165) is 33.4 Å². The van der Waals surface area contributed by atoms with Crippen molar-refractivity contribution in [3.8, 4) is 17.5 Å². The summed E-state index contributed by atoms with van der Waals surface area (Å²) in [7, 11) is 0. The molecule has 6 nitrogen and oxygen atoms in total. The highest BCUT2D eigenvalue weighted by atomic mass is 16.6. The van der Waals surface area contributed by atoms with Crippen molar-refractivity contribution in [2.75, 3.05) is 5.32 Å². The number of carbonyl (C=O) groups is 1. The van der Waals surface area contributed by atoms with Gasteiger partial charge in [0.05, 0.1) is 22.3 Å². The van der Waals surface area contributed by atoms with Gasteiger partial charge >= 0.3 is 5.97 Å². The van der Waals surface area contributed by atoms with Crippen LogP contribution in [-0.4, -0.2) is 16.1 Å². The highest BCUT2D eigenvalue weighted by Gasteiger charge is 2.20. The molecule has 5 aromatic rings. The Bertz CT molecular complexity index is 1660. The van der Waals surface area contributed by atoms with Gasteiger partial charge in [-0.05, 0) is 68.3 Å². The van der Waals surface area contributed by atoms with Crippen molar-refractivity contribution in [2.24, 2.45) is 0 Å². The largest absolute Gasteiger partial charge is 0.487 e. The molecule has 0 saturated heterocycles. The topological polar surface area (TPSA) is 76.3 Å². The van der Waals surface area contributed by atoms with Gasteiger partial charge in [0.1, 0.15) is 24.0 Å². The molecule has 1 aromatic heterocycles. The standard InChI is InChI=1S/C34H31N3O3/c1-34(2,3)40-33(38)26-14-16-28(17-15-26)37-22-27(20-35)31-29(37)18-19-30(39-23-25-12-8-5-9-13-25)32(31)36-21-24-10-6-4-7-11-24/h4-19,22,36H,21,23H2,1-3H3. The third-order valence-corrected chi connectivity index (χ3v) is 6.38. The lowest BCUT2D eigenvalue weighted by Gasteiger charge is -2.19. The number of carbonyl (C=O) groups excluding carboxylic acids is 1. The average molecular weight is 530 g/mol. The maximum Gasteiger partial charge on any atom is 0.338 e. The van der Waals surface area contributed by atoms with Crippen LogP contribution < -0.4 is 10.1 Å². The van der Waals surface area contributed by atoms with Crippen LogP contribution in [0.25, 0.3) is 16.6 Å². The van der Waals surface area contributed by atoms with E-state index >= 15 is 0 Å². The van der Waals surface area contributed by atoms with Gasteiger partial charge in [0.2, 0.25) is 0 Å². The lowest BCUT2D eigenvalue weighted by molar-refractivity contribution is 0.00695. The molecule has 0 saturated carbocycles. The Hall–Kier alpha value is -5.02. The third kappa shape index (κ3) is 6.00. The van der Waals surface area contributed by atoms with Crippen LogP contribution in [0, 0.1) is 11.3 Å². The number of esters is 1. The molecule has 0 radical (unpaired) electrons. The quantitative estimate of drug-likeness (QED) is 0.209.